The van der Waals surface area contributed by atoms with Crippen molar-refractivity contribution in [3.8, 4) is 5.75 Å². The highest BCUT2D eigenvalue weighted by Crippen LogP contribution is 2.20. The topological polar surface area (TPSA) is 43.2 Å². The van der Waals surface area contributed by atoms with Crippen LogP contribution in [0.4, 0.5) is 0 Å². The summed E-state index contributed by atoms with van der Waals surface area (Å²) < 4.78 is 7.92. The van der Waals surface area contributed by atoms with Gasteiger partial charge < -0.3 is 14.2 Å². The molecular weight excluding hydrogens is 379 g/mol. The van der Waals surface area contributed by atoms with Crippen molar-refractivity contribution in [1.82, 2.24) is 19.7 Å². The van der Waals surface area contributed by atoms with Gasteiger partial charge in [-0.15, -0.1) is 22.6 Å². The Kier molecular flexibility index (Phi) is 8.36. The van der Waals surface area contributed by atoms with Gasteiger partial charge in [-0.05, 0) is 57.1 Å². The molecule has 0 aliphatic carbocycles. The Bertz CT molecular complexity index is 645. The zero-order valence-corrected chi connectivity index (χ0v) is 16.7. The average molecular weight is 403 g/mol. The summed E-state index contributed by atoms with van der Waals surface area (Å²) in [5, 5.41) is 10.3. The first kappa shape index (κ1) is 20.4. The molecule has 2 heterocycles. The molecule has 2 aromatic rings. The first-order valence-electron chi connectivity index (χ1n) is 8.42. The van der Waals surface area contributed by atoms with Crippen molar-refractivity contribution in [2.24, 2.45) is 0 Å². The standard InChI is InChI=1S/C17H23ClN4OS.ClH/c1-2-22-16(13-23-15-7-5-14(18)6-8-15)19-20-17(22)24-12-11-21-9-3-4-10-21;/h5-8H,2-4,9-13H2,1H3;1H. The Morgan fingerprint density at radius 2 is 1.88 bits per heavy atom. The van der Waals surface area contributed by atoms with Gasteiger partial charge in [0, 0.05) is 23.9 Å². The highest BCUT2D eigenvalue weighted by atomic mass is 35.5. The van der Waals surface area contributed by atoms with Crippen LogP contribution in [-0.4, -0.2) is 45.1 Å². The molecule has 0 radical (unpaired) electrons. The lowest BCUT2D eigenvalue weighted by Crippen LogP contribution is -2.22. The van der Waals surface area contributed by atoms with Crippen molar-refractivity contribution in [3.05, 3.63) is 35.1 Å². The van der Waals surface area contributed by atoms with E-state index >= 15 is 0 Å². The summed E-state index contributed by atoms with van der Waals surface area (Å²) >= 11 is 7.66. The summed E-state index contributed by atoms with van der Waals surface area (Å²) in [4.78, 5) is 2.52. The van der Waals surface area contributed by atoms with Crippen LogP contribution in [0.25, 0.3) is 0 Å². The number of thioether (sulfide) groups is 1. The van der Waals surface area contributed by atoms with Crippen LogP contribution in [0.3, 0.4) is 0 Å². The fraction of sp³-hybridized carbons (Fsp3) is 0.529. The van der Waals surface area contributed by atoms with E-state index in [9.17, 15) is 0 Å². The molecule has 0 amide bonds. The summed E-state index contributed by atoms with van der Waals surface area (Å²) in [5.41, 5.74) is 0. The molecule has 0 spiro atoms. The van der Waals surface area contributed by atoms with Gasteiger partial charge in [0.05, 0.1) is 0 Å². The molecule has 0 atom stereocenters. The molecule has 0 saturated carbocycles. The maximum absolute atomic E-state index is 5.89. The van der Waals surface area contributed by atoms with Gasteiger partial charge in [-0.25, -0.2) is 0 Å². The lowest BCUT2D eigenvalue weighted by Gasteiger charge is -2.13. The molecule has 1 saturated heterocycles. The molecule has 1 aromatic carbocycles. The summed E-state index contributed by atoms with van der Waals surface area (Å²) in [6.07, 6.45) is 2.67. The fourth-order valence-corrected chi connectivity index (χ4v) is 3.95. The van der Waals surface area contributed by atoms with Crippen LogP contribution in [0.5, 0.6) is 5.75 Å². The van der Waals surface area contributed by atoms with Crippen molar-refractivity contribution < 1.29 is 4.74 Å². The van der Waals surface area contributed by atoms with Crippen molar-refractivity contribution in [2.75, 3.05) is 25.4 Å². The van der Waals surface area contributed by atoms with Crippen LogP contribution in [-0.2, 0) is 13.2 Å². The van der Waals surface area contributed by atoms with Gasteiger partial charge >= 0.3 is 0 Å². The number of ether oxygens (including phenoxy) is 1. The Morgan fingerprint density at radius 1 is 1.16 bits per heavy atom. The quantitative estimate of drug-likeness (QED) is 0.620. The number of rotatable bonds is 8. The zero-order chi connectivity index (χ0) is 16.8. The third-order valence-electron chi connectivity index (χ3n) is 4.13. The molecule has 1 aromatic heterocycles. The number of likely N-dealkylation sites (tertiary alicyclic amines) is 1. The van der Waals surface area contributed by atoms with Crippen LogP contribution >= 0.6 is 35.8 Å². The van der Waals surface area contributed by atoms with Crippen LogP contribution < -0.4 is 4.74 Å². The monoisotopic (exact) mass is 402 g/mol. The van der Waals surface area contributed by atoms with Crippen molar-refractivity contribution in [1.29, 1.82) is 0 Å². The Hall–Kier alpha value is -0.950. The molecule has 0 bridgehead atoms. The number of benzene rings is 1. The summed E-state index contributed by atoms with van der Waals surface area (Å²) in [6.45, 7) is 6.97. The normalized spacial score (nSPS) is 14.5. The molecule has 1 aliphatic rings. The third-order valence-corrected chi connectivity index (χ3v) is 5.33. The lowest BCUT2D eigenvalue weighted by molar-refractivity contribution is 0.288. The first-order valence-corrected chi connectivity index (χ1v) is 9.78. The number of aromatic nitrogens is 3. The molecule has 3 rings (SSSR count). The summed E-state index contributed by atoms with van der Waals surface area (Å²) in [7, 11) is 0. The average Bonchev–Trinajstić information content (AvgIpc) is 3.24. The molecular formula is C17H24Cl2N4OS. The number of hydrogen-bond donors (Lipinski definition) is 0. The maximum atomic E-state index is 5.89. The van der Waals surface area contributed by atoms with Crippen molar-refractivity contribution >= 4 is 35.8 Å². The van der Waals surface area contributed by atoms with Gasteiger partial charge in [-0.3, -0.25) is 0 Å². The largest absolute Gasteiger partial charge is 0.486 e. The second-order valence-electron chi connectivity index (χ2n) is 5.78. The van der Waals surface area contributed by atoms with E-state index in [4.69, 9.17) is 16.3 Å². The van der Waals surface area contributed by atoms with E-state index in [2.05, 4.69) is 26.6 Å². The van der Waals surface area contributed by atoms with E-state index in [1.807, 2.05) is 24.3 Å². The van der Waals surface area contributed by atoms with Gasteiger partial charge in [0.25, 0.3) is 0 Å². The maximum Gasteiger partial charge on any atom is 0.191 e. The smallest absolute Gasteiger partial charge is 0.191 e. The fourth-order valence-electron chi connectivity index (χ4n) is 2.80. The zero-order valence-electron chi connectivity index (χ0n) is 14.4. The van der Waals surface area contributed by atoms with Crippen LogP contribution in [0.1, 0.15) is 25.6 Å². The van der Waals surface area contributed by atoms with E-state index in [1.165, 1.54) is 25.9 Å². The van der Waals surface area contributed by atoms with Gasteiger partial charge in [0.15, 0.2) is 11.0 Å². The molecule has 1 aliphatic heterocycles. The molecule has 138 valence electrons. The molecule has 0 N–H and O–H groups in total. The highest BCUT2D eigenvalue weighted by molar-refractivity contribution is 7.99. The summed E-state index contributed by atoms with van der Waals surface area (Å²) in [5.74, 6) is 2.69. The van der Waals surface area contributed by atoms with Crippen molar-refractivity contribution in [3.63, 3.8) is 0 Å². The van der Waals surface area contributed by atoms with E-state index in [0.29, 0.717) is 11.6 Å². The second-order valence-corrected chi connectivity index (χ2v) is 7.28. The number of nitrogens with zero attached hydrogens (tertiary/aromatic N) is 4. The minimum atomic E-state index is 0. The van der Waals surface area contributed by atoms with Crippen LogP contribution in [0.15, 0.2) is 29.4 Å². The van der Waals surface area contributed by atoms with E-state index in [0.717, 1.165) is 35.6 Å². The van der Waals surface area contributed by atoms with Gasteiger partial charge in [-0.2, -0.15) is 0 Å². The first-order chi connectivity index (χ1) is 11.8. The predicted octanol–water partition coefficient (Wildman–Crippen LogP) is 4.14. The Labute approximate surface area is 164 Å². The SMILES string of the molecule is CCn1c(COc2ccc(Cl)cc2)nnc1SCCN1CCCC1.Cl. The number of hydrogen-bond acceptors (Lipinski definition) is 5. The molecule has 1 fully saturated rings. The molecule has 5 nitrogen and oxygen atoms in total. The highest BCUT2D eigenvalue weighted by Gasteiger charge is 2.14. The summed E-state index contributed by atoms with van der Waals surface area (Å²) in [6, 6.07) is 7.36. The Balaban J connectivity index is 0.00000225. The van der Waals surface area contributed by atoms with E-state index < -0.39 is 0 Å². The predicted molar refractivity (Wildman–Crippen MR) is 105 cm³/mol. The van der Waals surface area contributed by atoms with Crippen molar-refractivity contribution in [2.45, 2.75) is 38.1 Å². The number of halogens is 2. The third kappa shape index (κ3) is 5.78. The lowest BCUT2D eigenvalue weighted by atomic mass is 10.3. The molecule has 0 unspecified atom stereocenters. The molecule has 25 heavy (non-hydrogen) atoms. The van der Waals surface area contributed by atoms with Gasteiger partial charge in [0.1, 0.15) is 12.4 Å². The van der Waals surface area contributed by atoms with Gasteiger partial charge in [-0.1, -0.05) is 23.4 Å². The van der Waals surface area contributed by atoms with Crippen LogP contribution in [0.2, 0.25) is 5.02 Å². The van der Waals surface area contributed by atoms with E-state index in [-0.39, 0.29) is 12.4 Å². The minimum absolute atomic E-state index is 0. The molecule has 8 heteroatoms. The Morgan fingerprint density at radius 3 is 2.56 bits per heavy atom. The second kappa shape index (κ2) is 10.3. The van der Waals surface area contributed by atoms with E-state index in [1.54, 1.807) is 11.8 Å². The minimum Gasteiger partial charge on any atom is -0.486 e. The van der Waals surface area contributed by atoms with Gasteiger partial charge in [0.2, 0.25) is 0 Å². The van der Waals surface area contributed by atoms with Crippen LogP contribution in [0, 0.1) is 0 Å².